The zero-order chi connectivity index (χ0) is 21.7. The van der Waals surface area contributed by atoms with Crippen LogP contribution >= 0.6 is 0 Å². The van der Waals surface area contributed by atoms with Crippen molar-refractivity contribution in [2.75, 3.05) is 10.6 Å². The lowest BCUT2D eigenvalue weighted by atomic mass is 10.1. The van der Waals surface area contributed by atoms with E-state index in [1.54, 1.807) is 0 Å². The van der Waals surface area contributed by atoms with E-state index >= 15 is 0 Å². The number of benzene rings is 3. The van der Waals surface area contributed by atoms with E-state index in [4.69, 9.17) is 0 Å². The molecule has 3 rings (SSSR count). The topological polar surface area (TPSA) is 58.2 Å². The van der Waals surface area contributed by atoms with Crippen LogP contribution in [0.2, 0.25) is 0 Å². The smallest absolute Gasteiger partial charge is 0.261 e. The van der Waals surface area contributed by atoms with Crippen molar-refractivity contribution in [2.45, 2.75) is 0 Å². The molecule has 4 nitrogen and oxygen atoms in total. The van der Waals surface area contributed by atoms with Crippen LogP contribution in [0.25, 0.3) is 6.08 Å². The van der Waals surface area contributed by atoms with Crippen molar-refractivity contribution in [2.24, 2.45) is 0 Å². The van der Waals surface area contributed by atoms with Gasteiger partial charge in [0.2, 0.25) is 0 Å². The molecule has 0 aliphatic carbocycles. The zero-order valence-electron chi connectivity index (χ0n) is 15.3. The van der Waals surface area contributed by atoms with Crippen LogP contribution in [0, 0.1) is 23.3 Å². The quantitative estimate of drug-likeness (QED) is 0.270. The number of carbonyl (C=O) groups excluding carboxylic acids is 2. The summed E-state index contributed by atoms with van der Waals surface area (Å²) in [6.07, 6.45) is 0.862. The molecule has 0 saturated carbocycles. The van der Waals surface area contributed by atoms with Crippen molar-refractivity contribution in [3.05, 3.63) is 101 Å². The number of nitrogens with one attached hydrogen (secondary N) is 2. The van der Waals surface area contributed by atoms with Crippen molar-refractivity contribution in [1.82, 2.24) is 0 Å². The van der Waals surface area contributed by atoms with Crippen molar-refractivity contribution < 1.29 is 27.2 Å². The first kappa shape index (κ1) is 20.8. The molecule has 0 spiro atoms. The minimum absolute atomic E-state index is 0.216. The molecule has 0 aromatic heterocycles. The Hall–Kier alpha value is -3.94. The fraction of sp³-hybridized carbons (Fsp3) is 0. The molecule has 0 aliphatic heterocycles. The van der Waals surface area contributed by atoms with Gasteiger partial charge in [-0.3, -0.25) is 9.59 Å². The van der Waals surface area contributed by atoms with Gasteiger partial charge in [0.15, 0.2) is 0 Å². The van der Waals surface area contributed by atoms with E-state index in [2.05, 4.69) is 10.6 Å². The third kappa shape index (κ3) is 4.91. The normalized spacial score (nSPS) is 10.3. The molecule has 0 fully saturated rings. The first-order valence-corrected chi connectivity index (χ1v) is 8.63. The van der Waals surface area contributed by atoms with Gasteiger partial charge in [-0.05, 0) is 42.5 Å². The highest BCUT2D eigenvalue weighted by atomic mass is 19.1. The molecule has 3 aromatic carbocycles. The van der Waals surface area contributed by atoms with Crippen molar-refractivity contribution in [1.29, 1.82) is 0 Å². The average Bonchev–Trinajstić information content (AvgIpc) is 2.70. The van der Waals surface area contributed by atoms with E-state index in [-0.39, 0.29) is 16.9 Å². The average molecular weight is 414 g/mol. The molecule has 8 heteroatoms. The minimum Gasteiger partial charge on any atom is -0.319 e. The first-order valence-electron chi connectivity index (χ1n) is 8.63. The van der Waals surface area contributed by atoms with Gasteiger partial charge >= 0.3 is 0 Å². The molecule has 2 amide bonds. The molecule has 0 aliphatic rings. The van der Waals surface area contributed by atoms with Crippen LogP contribution in [0.4, 0.5) is 28.9 Å². The Morgan fingerprint density at radius 1 is 0.667 bits per heavy atom. The SMILES string of the molecule is O=C(Nc1ccccc1F)C(=Cc1ccc(F)cc1F)C(=O)Nc1ccccc1F. The van der Waals surface area contributed by atoms with E-state index in [1.807, 2.05) is 0 Å². The Labute approximate surface area is 168 Å². The second-order valence-corrected chi connectivity index (χ2v) is 6.09. The van der Waals surface area contributed by atoms with Gasteiger partial charge in [-0.15, -0.1) is 0 Å². The predicted molar refractivity (Wildman–Crippen MR) is 104 cm³/mol. The number of halogens is 4. The summed E-state index contributed by atoms with van der Waals surface area (Å²) >= 11 is 0. The number of hydrogen-bond acceptors (Lipinski definition) is 2. The summed E-state index contributed by atoms with van der Waals surface area (Å²) in [5, 5.41) is 4.42. The van der Waals surface area contributed by atoms with Crippen LogP contribution in [0.1, 0.15) is 5.56 Å². The molecule has 0 heterocycles. The van der Waals surface area contributed by atoms with E-state index < -0.39 is 40.7 Å². The number of rotatable bonds is 5. The molecule has 152 valence electrons. The minimum atomic E-state index is -1.07. The van der Waals surface area contributed by atoms with Crippen molar-refractivity contribution >= 4 is 29.3 Å². The Morgan fingerprint density at radius 3 is 1.63 bits per heavy atom. The highest BCUT2D eigenvalue weighted by Gasteiger charge is 2.21. The molecular weight excluding hydrogens is 400 g/mol. The molecule has 0 radical (unpaired) electrons. The van der Waals surface area contributed by atoms with Crippen LogP contribution in [-0.4, -0.2) is 11.8 Å². The Balaban J connectivity index is 1.98. The van der Waals surface area contributed by atoms with Gasteiger partial charge in [-0.2, -0.15) is 0 Å². The second kappa shape index (κ2) is 9.04. The number of para-hydroxylation sites is 2. The van der Waals surface area contributed by atoms with Crippen LogP contribution in [0.3, 0.4) is 0 Å². The molecule has 2 N–H and O–H groups in total. The highest BCUT2D eigenvalue weighted by molar-refractivity contribution is 6.28. The Bertz CT molecular complexity index is 1080. The van der Waals surface area contributed by atoms with Gasteiger partial charge in [0, 0.05) is 11.6 Å². The summed E-state index contributed by atoms with van der Waals surface area (Å²) in [4.78, 5) is 25.3. The van der Waals surface area contributed by atoms with Crippen LogP contribution in [-0.2, 0) is 9.59 Å². The summed E-state index contributed by atoms with van der Waals surface area (Å²) in [5.74, 6) is -5.53. The monoisotopic (exact) mass is 414 g/mol. The van der Waals surface area contributed by atoms with Crippen molar-refractivity contribution in [3.8, 4) is 0 Å². The molecule has 0 unspecified atom stereocenters. The maximum absolute atomic E-state index is 14.1. The van der Waals surface area contributed by atoms with Crippen LogP contribution < -0.4 is 10.6 Å². The lowest BCUT2D eigenvalue weighted by Gasteiger charge is -2.11. The maximum Gasteiger partial charge on any atom is 0.261 e. The van der Waals surface area contributed by atoms with Crippen molar-refractivity contribution in [3.63, 3.8) is 0 Å². The van der Waals surface area contributed by atoms with E-state index in [1.165, 1.54) is 36.4 Å². The number of anilines is 2. The Kier molecular flexibility index (Phi) is 6.26. The lowest BCUT2D eigenvalue weighted by Crippen LogP contribution is -2.26. The summed E-state index contributed by atoms with van der Waals surface area (Å²) in [6.45, 7) is 0. The molecule has 3 aromatic rings. The third-order valence-corrected chi connectivity index (χ3v) is 4.00. The Morgan fingerprint density at radius 2 is 1.17 bits per heavy atom. The van der Waals surface area contributed by atoms with Gasteiger partial charge in [0.25, 0.3) is 11.8 Å². The van der Waals surface area contributed by atoms with Crippen LogP contribution in [0.5, 0.6) is 0 Å². The molecule has 0 saturated heterocycles. The number of hydrogen-bond donors (Lipinski definition) is 2. The fourth-order valence-electron chi connectivity index (χ4n) is 2.51. The maximum atomic E-state index is 14.1. The van der Waals surface area contributed by atoms with Gasteiger partial charge in [0.1, 0.15) is 28.8 Å². The summed E-state index contributed by atoms with van der Waals surface area (Å²) < 4.78 is 54.9. The molecule has 30 heavy (non-hydrogen) atoms. The van der Waals surface area contributed by atoms with Crippen LogP contribution in [0.15, 0.2) is 72.3 Å². The third-order valence-electron chi connectivity index (χ3n) is 4.00. The second-order valence-electron chi connectivity index (χ2n) is 6.09. The predicted octanol–water partition coefficient (Wildman–Crippen LogP) is 4.90. The van der Waals surface area contributed by atoms with Gasteiger partial charge in [0.05, 0.1) is 11.4 Å². The van der Waals surface area contributed by atoms with E-state index in [0.29, 0.717) is 6.07 Å². The zero-order valence-corrected chi connectivity index (χ0v) is 15.3. The van der Waals surface area contributed by atoms with Gasteiger partial charge in [-0.1, -0.05) is 24.3 Å². The van der Waals surface area contributed by atoms with E-state index in [9.17, 15) is 27.2 Å². The molecule has 0 atom stereocenters. The van der Waals surface area contributed by atoms with Gasteiger partial charge < -0.3 is 10.6 Å². The highest BCUT2D eigenvalue weighted by Crippen LogP contribution is 2.19. The summed E-state index contributed by atoms with van der Waals surface area (Å²) in [6, 6.07) is 13.0. The standard InChI is InChI=1S/C22H14F4N2O2/c23-14-10-9-13(18(26)12-14)11-15(21(29)27-19-7-3-1-5-16(19)24)22(30)28-20-8-4-2-6-17(20)25/h1-12H,(H,27,29)(H,28,30). The van der Waals surface area contributed by atoms with Gasteiger partial charge in [-0.25, -0.2) is 17.6 Å². The largest absolute Gasteiger partial charge is 0.319 e. The summed E-state index contributed by atoms with van der Waals surface area (Å²) in [5.41, 5.74) is -1.34. The summed E-state index contributed by atoms with van der Waals surface area (Å²) in [7, 11) is 0. The fourth-order valence-corrected chi connectivity index (χ4v) is 2.51. The number of amides is 2. The number of carbonyl (C=O) groups is 2. The van der Waals surface area contributed by atoms with E-state index in [0.717, 1.165) is 30.3 Å². The molecule has 0 bridgehead atoms. The molecular formula is C22H14F4N2O2. The lowest BCUT2D eigenvalue weighted by molar-refractivity contribution is -0.118. The first-order chi connectivity index (χ1) is 14.3.